The third-order valence-electron chi connectivity index (χ3n) is 3.85. The molecule has 1 N–H and O–H groups in total. The molecule has 2 aromatic carbocycles. The number of hydrogen-bond acceptors (Lipinski definition) is 4. The second-order valence-electron chi connectivity index (χ2n) is 5.75. The number of benzene rings is 2. The molecule has 26 heavy (non-hydrogen) atoms. The minimum absolute atomic E-state index is 0.268. The zero-order chi connectivity index (χ0) is 18.2. The number of aryl methyl sites for hydroxylation is 1. The Kier molecular flexibility index (Phi) is 6.17. The van der Waals surface area contributed by atoms with Crippen LogP contribution in [-0.4, -0.2) is 18.5 Å². The van der Waals surface area contributed by atoms with E-state index in [2.05, 4.69) is 5.32 Å². The van der Waals surface area contributed by atoms with Crippen LogP contribution in [-0.2, 0) is 20.7 Å². The molecule has 0 unspecified atom stereocenters. The SMILES string of the molecule is O=C(COC(=O)CCc1ccsc1)Nc1ccccc1-c1ccccc1. The van der Waals surface area contributed by atoms with E-state index < -0.39 is 0 Å². The Bertz CT molecular complexity index is 860. The van der Waals surface area contributed by atoms with Gasteiger partial charge in [-0.1, -0.05) is 48.5 Å². The van der Waals surface area contributed by atoms with Gasteiger partial charge in [0.25, 0.3) is 5.91 Å². The number of amides is 1. The molecule has 0 spiro atoms. The Labute approximate surface area is 156 Å². The molecular weight excluding hydrogens is 346 g/mol. The fourth-order valence-electron chi connectivity index (χ4n) is 2.55. The van der Waals surface area contributed by atoms with Gasteiger partial charge in [-0.05, 0) is 40.4 Å². The quantitative estimate of drug-likeness (QED) is 0.626. The molecule has 0 aliphatic heterocycles. The van der Waals surface area contributed by atoms with Gasteiger partial charge >= 0.3 is 5.97 Å². The van der Waals surface area contributed by atoms with Crippen LogP contribution in [0.4, 0.5) is 5.69 Å². The molecule has 3 aromatic rings. The van der Waals surface area contributed by atoms with Crippen molar-refractivity contribution in [3.8, 4) is 11.1 Å². The van der Waals surface area contributed by atoms with E-state index in [0.29, 0.717) is 12.1 Å². The molecule has 1 heterocycles. The number of para-hydroxylation sites is 1. The Morgan fingerprint density at radius 3 is 2.50 bits per heavy atom. The minimum atomic E-state index is -0.373. The fourth-order valence-corrected chi connectivity index (χ4v) is 3.25. The maximum Gasteiger partial charge on any atom is 0.306 e. The molecule has 0 fully saturated rings. The summed E-state index contributed by atoms with van der Waals surface area (Å²) in [7, 11) is 0. The van der Waals surface area contributed by atoms with Gasteiger partial charge in [-0.3, -0.25) is 9.59 Å². The van der Waals surface area contributed by atoms with Crippen molar-refractivity contribution in [2.75, 3.05) is 11.9 Å². The summed E-state index contributed by atoms with van der Waals surface area (Å²) in [6.07, 6.45) is 0.894. The van der Waals surface area contributed by atoms with E-state index in [0.717, 1.165) is 16.7 Å². The van der Waals surface area contributed by atoms with Crippen LogP contribution in [0, 0.1) is 0 Å². The molecule has 3 rings (SSSR count). The van der Waals surface area contributed by atoms with Crippen LogP contribution in [0.15, 0.2) is 71.4 Å². The van der Waals surface area contributed by atoms with Crippen LogP contribution in [0.1, 0.15) is 12.0 Å². The van der Waals surface area contributed by atoms with E-state index in [9.17, 15) is 9.59 Å². The van der Waals surface area contributed by atoms with E-state index in [1.807, 2.05) is 71.4 Å². The maximum atomic E-state index is 12.1. The maximum absolute atomic E-state index is 12.1. The van der Waals surface area contributed by atoms with Crippen molar-refractivity contribution in [2.45, 2.75) is 12.8 Å². The first-order chi connectivity index (χ1) is 12.7. The van der Waals surface area contributed by atoms with Crippen LogP contribution < -0.4 is 5.32 Å². The summed E-state index contributed by atoms with van der Waals surface area (Å²) in [6, 6.07) is 19.3. The highest BCUT2D eigenvalue weighted by Crippen LogP contribution is 2.27. The molecule has 0 radical (unpaired) electrons. The monoisotopic (exact) mass is 365 g/mol. The summed E-state index contributed by atoms with van der Waals surface area (Å²) in [5.41, 5.74) is 3.73. The van der Waals surface area contributed by atoms with E-state index in [4.69, 9.17) is 4.74 Å². The van der Waals surface area contributed by atoms with Gasteiger partial charge < -0.3 is 10.1 Å². The van der Waals surface area contributed by atoms with Crippen molar-refractivity contribution < 1.29 is 14.3 Å². The molecule has 4 nitrogen and oxygen atoms in total. The smallest absolute Gasteiger partial charge is 0.306 e. The Morgan fingerprint density at radius 1 is 0.962 bits per heavy atom. The summed E-state index contributed by atoms with van der Waals surface area (Å²) in [4.78, 5) is 23.9. The lowest BCUT2D eigenvalue weighted by Gasteiger charge is -2.11. The zero-order valence-electron chi connectivity index (χ0n) is 14.2. The topological polar surface area (TPSA) is 55.4 Å². The van der Waals surface area contributed by atoms with Crippen molar-refractivity contribution in [1.29, 1.82) is 0 Å². The van der Waals surface area contributed by atoms with Crippen LogP contribution in [0.25, 0.3) is 11.1 Å². The third-order valence-corrected chi connectivity index (χ3v) is 4.58. The molecule has 0 aliphatic rings. The Hall–Kier alpha value is -2.92. The number of rotatable bonds is 7. The van der Waals surface area contributed by atoms with E-state index >= 15 is 0 Å². The minimum Gasteiger partial charge on any atom is -0.456 e. The first-order valence-electron chi connectivity index (χ1n) is 8.33. The van der Waals surface area contributed by atoms with Gasteiger partial charge in [0.05, 0.1) is 0 Å². The van der Waals surface area contributed by atoms with E-state index in [-0.39, 0.29) is 24.9 Å². The lowest BCUT2D eigenvalue weighted by molar-refractivity contribution is -0.147. The van der Waals surface area contributed by atoms with Crippen molar-refractivity contribution in [3.05, 3.63) is 77.0 Å². The average Bonchev–Trinajstić information content (AvgIpc) is 3.19. The number of ether oxygens (including phenoxy) is 1. The molecule has 0 bridgehead atoms. The second-order valence-corrected chi connectivity index (χ2v) is 6.53. The lowest BCUT2D eigenvalue weighted by Crippen LogP contribution is -2.21. The van der Waals surface area contributed by atoms with Crippen LogP contribution in [0.2, 0.25) is 0 Å². The zero-order valence-corrected chi connectivity index (χ0v) is 15.0. The molecule has 1 aromatic heterocycles. The number of anilines is 1. The second kappa shape index (κ2) is 8.97. The number of nitrogens with one attached hydrogen (secondary N) is 1. The van der Waals surface area contributed by atoms with Crippen molar-refractivity contribution >= 4 is 28.9 Å². The average molecular weight is 365 g/mol. The normalized spacial score (nSPS) is 10.3. The third kappa shape index (κ3) is 5.04. The molecule has 1 amide bonds. The summed E-state index contributed by atoms with van der Waals surface area (Å²) in [5, 5.41) is 6.79. The van der Waals surface area contributed by atoms with E-state index in [1.165, 1.54) is 0 Å². The van der Waals surface area contributed by atoms with E-state index in [1.54, 1.807) is 11.3 Å². The van der Waals surface area contributed by atoms with Gasteiger partial charge in [0, 0.05) is 17.7 Å². The number of esters is 1. The molecule has 0 atom stereocenters. The highest BCUT2D eigenvalue weighted by atomic mass is 32.1. The predicted octanol–water partition coefficient (Wildman–Crippen LogP) is 4.53. The Balaban J connectivity index is 1.53. The van der Waals surface area contributed by atoms with Crippen molar-refractivity contribution in [3.63, 3.8) is 0 Å². The summed E-state index contributed by atoms with van der Waals surface area (Å²) < 4.78 is 5.07. The molecular formula is C21H19NO3S. The number of thiophene rings is 1. The van der Waals surface area contributed by atoms with Gasteiger partial charge in [-0.15, -0.1) is 0 Å². The number of carbonyl (C=O) groups is 2. The molecule has 0 aliphatic carbocycles. The fraction of sp³-hybridized carbons (Fsp3) is 0.143. The van der Waals surface area contributed by atoms with Gasteiger partial charge in [0.1, 0.15) is 0 Å². The molecule has 0 saturated carbocycles. The summed E-state index contributed by atoms with van der Waals surface area (Å²) >= 11 is 1.59. The lowest BCUT2D eigenvalue weighted by atomic mass is 10.0. The number of hydrogen-bond donors (Lipinski definition) is 1. The predicted molar refractivity (Wildman–Crippen MR) is 104 cm³/mol. The Morgan fingerprint density at radius 2 is 1.73 bits per heavy atom. The highest BCUT2D eigenvalue weighted by Gasteiger charge is 2.11. The van der Waals surface area contributed by atoms with Crippen LogP contribution >= 0.6 is 11.3 Å². The van der Waals surface area contributed by atoms with Gasteiger partial charge in [-0.2, -0.15) is 11.3 Å². The van der Waals surface area contributed by atoms with Gasteiger partial charge in [0.2, 0.25) is 0 Å². The standard InChI is InChI=1S/C21H19NO3S/c23-20(14-25-21(24)11-10-16-12-13-26-15-16)22-19-9-5-4-8-18(19)17-6-2-1-3-7-17/h1-9,12-13,15H,10-11,14H2,(H,22,23). The molecule has 5 heteroatoms. The molecule has 132 valence electrons. The summed E-state index contributed by atoms with van der Waals surface area (Å²) in [5.74, 6) is -0.722. The van der Waals surface area contributed by atoms with Gasteiger partial charge in [-0.25, -0.2) is 0 Å². The summed E-state index contributed by atoms with van der Waals surface area (Å²) in [6.45, 7) is -0.286. The highest BCUT2D eigenvalue weighted by molar-refractivity contribution is 7.07. The first kappa shape index (κ1) is 17.9. The van der Waals surface area contributed by atoms with Crippen LogP contribution in [0.3, 0.4) is 0 Å². The largest absolute Gasteiger partial charge is 0.456 e. The van der Waals surface area contributed by atoms with Gasteiger partial charge in [0.15, 0.2) is 6.61 Å². The van der Waals surface area contributed by atoms with Crippen molar-refractivity contribution in [2.24, 2.45) is 0 Å². The van der Waals surface area contributed by atoms with Crippen LogP contribution in [0.5, 0.6) is 0 Å². The first-order valence-corrected chi connectivity index (χ1v) is 9.27. The molecule has 0 saturated heterocycles. The van der Waals surface area contributed by atoms with Crippen molar-refractivity contribution in [1.82, 2.24) is 0 Å². The number of carbonyl (C=O) groups excluding carboxylic acids is 2.